The maximum absolute atomic E-state index is 13.1. The van der Waals surface area contributed by atoms with Crippen molar-refractivity contribution >= 4 is 17.5 Å². The number of carbonyl (C=O) groups excluding carboxylic acids is 1. The first-order valence-corrected chi connectivity index (χ1v) is 8.28. The Labute approximate surface area is 165 Å². The summed E-state index contributed by atoms with van der Waals surface area (Å²) in [5.41, 5.74) is -6.30. The zero-order valence-electron chi connectivity index (χ0n) is 15.2. The molecular weight excluding hydrogens is 428 g/mol. The van der Waals surface area contributed by atoms with E-state index in [1.54, 1.807) is 20.8 Å². The third-order valence-corrected chi connectivity index (χ3v) is 3.73. The van der Waals surface area contributed by atoms with Crippen molar-refractivity contribution in [3.63, 3.8) is 0 Å². The van der Waals surface area contributed by atoms with Gasteiger partial charge < -0.3 is 5.32 Å². The van der Waals surface area contributed by atoms with Crippen LogP contribution in [0.1, 0.15) is 42.4 Å². The van der Waals surface area contributed by atoms with Gasteiger partial charge in [-0.15, -0.1) is 0 Å². The number of rotatable bonds is 2. The lowest BCUT2D eigenvalue weighted by molar-refractivity contribution is -0.138. The molecule has 0 saturated carbocycles. The molecule has 0 aliphatic rings. The number of halogens is 7. The van der Waals surface area contributed by atoms with Gasteiger partial charge in [-0.05, 0) is 32.9 Å². The van der Waals surface area contributed by atoms with Gasteiger partial charge >= 0.3 is 12.4 Å². The summed E-state index contributed by atoms with van der Waals surface area (Å²) in [6, 6.07) is 0.707. The van der Waals surface area contributed by atoms with Crippen LogP contribution in [0.25, 0.3) is 5.69 Å². The summed E-state index contributed by atoms with van der Waals surface area (Å²) >= 11 is 5.57. The molecule has 5 nitrogen and oxygen atoms in total. The molecule has 12 heteroatoms. The Hall–Kier alpha value is -2.56. The molecule has 158 valence electrons. The van der Waals surface area contributed by atoms with E-state index in [9.17, 15) is 35.9 Å². The van der Waals surface area contributed by atoms with Gasteiger partial charge in [-0.1, -0.05) is 11.6 Å². The van der Waals surface area contributed by atoms with Crippen LogP contribution >= 0.6 is 11.6 Å². The lowest BCUT2D eigenvalue weighted by Crippen LogP contribution is -2.41. The quantitative estimate of drug-likeness (QED) is 0.700. The third-order valence-electron chi connectivity index (χ3n) is 3.46. The maximum atomic E-state index is 13.1. The van der Waals surface area contributed by atoms with Gasteiger partial charge in [0.1, 0.15) is 5.02 Å². The molecule has 2 aromatic heterocycles. The predicted octanol–water partition coefficient (Wildman–Crippen LogP) is 4.45. The summed E-state index contributed by atoms with van der Waals surface area (Å²) in [4.78, 5) is 28.2. The first kappa shape index (κ1) is 22.7. The third kappa shape index (κ3) is 5.28. The number of aromatic nitrogens is 2. The fraction of sp³-hybridized carbons (Fsp3) is 0.353. The number of carbonyl (C=O) groups is 1. The zero-order chi connectivity index (χ0) is 22.4. The van der Waals surface area contributed by atoms with Gasteiger partial charge in [-0.25, -0.2) is 4.98 Å². The topological polar surface area (TPSA) is 64.0 Å². The van der Waals surface area contributed by atoms with Crippen LogP contribution in [0.2, 0.25) is 5.02 Å². The molecule has 0 aliphatic carbocycles. The molecule has 0 unspecified atom stereocenters. The number of alkyl halides is 6. The second kappa shape index (κ2) is 7.36. The fourth-order valence-corrected chi connectivity index (χ4v) is 2.46. The lowest BCUT2D eigenvalue weighted by atomic mass is 10.1. The van der Waals surface area contributed by atoms with E-state index < -0.39 is 56.9 Å². The van der Waals surface area contributed by atoms with Gasteiger partial charge in [-0.2, -0.15) is 26.3 Å². The minimum absolute atomic E-state index is 0.227. The van der Waals surface area contributed by atoms with Crippen LogP contribution in [-0.2, 0) is 12.4 Å². The van der Waals surface area contributed by atoms with E-state index in [0.29, 0.717) is 18.3 Å². The van der Waals surface area contributed by atoms with Crippen molar-refractivity contribution in [1.29, 1.82) is 0 Å². The molecule has 0 aliphatic heterocycles. The lowest BCUT2D eigenvalue weighted by Gasteiger charge is -2.22. The van der Waals surface area contributed by atoms with E-state index in [-0.39, 0.29) is 10.8 Å². The molecule has 0 bridgehead atoms. The summed E-state index contributed by atoms with van der Waals surface area (Å²) in [5, 5.41) is 1.54. The van der Waals surface area contributed by atoms with Crippen molar-refractivity contribution in [3.05, 3.63) is 56.7 Å². The molecule has 0 radical (unpaired) electrons. The molecule has 2 heterocycles. The smallest absolute Gasteiger partial charge is 0.346 e. The highest BCUT2D eigenvalue weighted by Crippen LogP contribution is 2.33. The first-order valence-electron chi connectivity index (χ1n) is 7.90. The Balaban J connectivity index is 2.83. The second-order valence-electron chi connectivity index (χ2n) is 7.04. The summed E-state index contributed by atoms with van der Waals surface area (Å²) < 4.78 is 78.8. The van der Waals surface area contributed by atoms with Gasteiger partial charge in [0.15, 0.2) is 5.69 Å². The SMILES string of the molecule is CC(C)(C)NC(=O)c1ncc(C(F)(F)F)cc1-n1cc(C(F)(F)F)cc(Cl)c1=O. The van der Waals surface area contributed by atoms with Gasteiger partial charge in [0.05, 0.1) is 16.8 Å². The number of amides is 1. The Morgan fingerprint density at radius 3 is 2.07 bits per heavy atom. The van der Waals surface area contributed by atoms with Crippen LogP contribution in [0.15, 0.2) is 29.3 Å². The molecular formula is C17H14ClF6N3O2. The number of nitrogens with zero attached hydrogens (tertiary/aromatic N) is 2. The summed E-state index contributed by atoms with van der Waals surface area (Å²) in [6.45, 7) is 4.71. The van der Waals surface area contributed by atoms with Crippen LogP contribution in [0.3, 0.4) is 0 Å². The van der Waals surface area contributed by atoms with Crippen LogP contribution in [0.5, 0.6) is 0 Å². The van der Waals surface area contributed by atoms with Crippen LogP contribution in [-0.4, -0.2) is 21.0 Å². The normalized spacial score (nSPS) is 12.8. The van der Waals surface area contributed by atoms with Crippen molar-refractivity contribution in [3.8, 4) is 5.69 Å². The summed E-state index contributed by atoms with van der Waals surface area (Å²) in [7, 11) is 0. The largest absolute Gasteiger partial charge is 0.417 e. The van der Waals surface area contributed by atoms with Gasteiger partial charge in [0, 0.05) is 17.9 Å². The minimum atomic E-state index is -4.94. The van der Waals surface area contributed by atoms with E-state index >= 15 is 0 Å². The molecule has 2 rings (SSSR count). The molecule has 1 amide bonds. The molecule has 2 aromatic rings. The van der Waals surface area contributed by atoms with E-state index in [1.807, 2.05) is 0 Å². The maximum Gasteiger partial charge on any atom is 0.417 e. The van der Waals surface area contributed by atoms with Crippen molar-refractivity contribution in [1.82, 2.24) is 14.9 Å². The number of hydrogen-bond acceptors (Lipinski definition) is 3. The second-order valence-corrected chi connectivity index (χ2v) is 7.45. The molecule has 1 N–H and O–H groups in total. The molecule has 0 fully saturated rings. The number of pyridine rings is 2. The number of hydrogen-bond donors (Lipinski definition) is 1. The van der Waals surface area contributed by atoms with Crippen molar-refractivity contribution in [2.45, 2.75) is 38.7 Å². The summed E-state index contributed by atoms with van der Waals surface area (Å²) in [5.74, 6) is -0.985. The molecule has 0 aromatic carbocycles. The highest BCUT2D eigenvalue weighted by Gasteiger charge is 2.35. The Bertz CT molecular complexity index is 1010. The van der Waals surface area contributed by atoms with E-state index in [4.69, 9.17) is 11.6 Å². The highest BCUT2D eigenvalue weighted by atomic mass is 35.5. The van der Waals surface area contributed by atoms with Crippen molar-refractivity contribution in [2.24, 2.45) is 0 Å². The fourth-order valence-electron chi connectivity index (χ4n) is 2.25. The molecule has 0 atom stereocenters. The van der Waals surface area contributed by atoms with Crippen LogP contribution < -0.4 is 10.9 Å². The molecule has 0 saturated heterocycles. The highest BCUT2D eigenvalue weighted by molar-refractivity contribution is 6.30. The monoisotopic (exact) mass is 441 g/mol. The average Bonchev–Trinajstić information content (AvgIpc) is 2.53. The van der Waals surface area contributed by atoms with Gasteiger partial charge in [0.2, 0.25) is 0 Å². The Morgan fingerprint density at radius 2 is 1.59 bits per heavy atom. The van der Waals surface area contributed by atoms with Gasteiger partial charge in [0.25, 0.3) is 11.5 Å². The van der Waals surface area contributed by atoms with Crippen LogP contribution in [0, 0.1) is 0 Å². The number of nitrogens with one attached hydrogen (secondary N) is 1. The zero-order valence-corrected chi connectivity index (χ0v) is 15.9. The first-order chi connectivity index (χ1) is 13.0. The Kier molecular flexibility index (Phi) is 5.77. The van der Waals surface area contributed by atoms with Gasteiger partial charge in [-0.3, -0.25) is 14.2 Å². The van der Waals surface area contributed by atoms with E-state index in [1.165, 1.54) is 0 Å². The summed E-state index contributed by atoms with van der Waals surface area (Å²) in [6.07, 6.45) is -9.25. The van der Waals surface area contributed by atoms with Crippen LogP contribution in [0.4, 0.5) is 26.3 Å². The van der Waals surface area contributed by atoms with E-state index in [2.05, 4.69) is 10.3 Å². The standard InChI is InChI=1S/C17H14ClF6N3O2/c1-15(2,3)26-13(28)12-11(5-8(6-25-12)16(19,20)21)27-7-9(17(22,23)24)4-10(18)14(27)29/h4-7H,1-3H3,(H,26,28). The predicted molar refractivity (Wildman–Crippen MR) is 92.1 cm³/mol. The Morgan fingerprint density at radius 1 is 1.03 bits per heavy atom. The molecule has 0 spiro atoms. The minimum Gasteiger partial charge on any atom is -0.346 e. The molecule has 29 heavy (non-hydrogen) atoms. The average molecular weight is 442 g/mol. The van der Waals surface area contributed by atoms with E-state index in [0.717, 1.165) is 0 Å². The van der Waals surface area contributed by atoms with Crippen molar-refractivity contribution in [2.75, 3.05) is 0 Å². The van der Waals surface area contributed by atoms with Crippen molar-refractivity contribution < 1.29 is 31.1 Å².